The molecule has 0 aliphatic heterocycles. The van der Waals surface area contributed by atoms with Gasteiger partial charge in [-0.05, 0) is 63.4 Å². The largest absolute Gasteiger partial charge is 0.469 e. The molecule has 8 heteroatoms. The number of aromatic nitrogens is 2. The van der Waals surface area contributed by atoms with E-state index in [1.54, 1.807) is 35.9 Å². The monoisotopic (exact) mass is 414 g/mol. The summed E-state index contributed by atoms with van der Waals surface area (Å²) in [4.78, 5) is 35.8. The number of hydrogen-bond donors (Lipinski definition) is 2. The molecule has 2 amide bonds. The lowest BCUT2D eigenvalue weighted by Gasteiger charge is -2.14. The van der Waals surface area contributed by atoms with Gasteiger partial charge in [-0.15, -0.1) is 0 Å². The molecule has 1 aromatic carbocycles. The molecule has 0 fully saturated rings. The number of ether oxygens (including phenoxy) is 1. The van der Waals surface area contributed by atoms with Gasteiger partial charge < -0.3 is 15.4 Å². The van der Waals surface area contributed by atoms with Crippen LogP contribution in [0.5, 0.6) is 0 Å². The van der Waals surface area contributed by atoms with E-state index in [4.69, 9.17) is 4.74 Å². The molecule has 2 aromatic rings. The Balaban J connectivity index is 2.09. The maximum atomic E-state index is 12.4. The number of nitrogens with one attached hydrogen (secondary N) is 2. The third kappa shape index (κ3) is 5.68. The summed E-state index contributed by atoms with van der Waals surface area (Å²) in [5.41, 5.74) is 4.07. The van der Waals surface area contributed by atoms with Crippen molar-refractivity contribution in [1.82, 2.24) is 20.4 Å². The first-order valence-corrected chi connectivity index (χ1v) is 10.1. The van der Waals surface area contributed by atoms with Crippen LogP contribution in [0.15, 0.2) is 24.3 Å². The molecule has 8 nitrogen and oxygen atoms in total. The zero-order valence-electron chi connectivity index (χ0n) is 18.2. The molecule has 1 aromatic heterocycles. The molecule has 0 saturated heterocycles. The topological polar surface area (TPSA) is 102 Å². The predicted molar refractivity (Wildman–Crippen MR) is 114 cm³/mol. The van der Waals surface area contributed by atoms with Crippen LogP contribution in [0.2, 0.25) is 0 Å². The first kappa shape index (κ1) is 23.1. The second kappa shape index (κ2) is 10.6. The molecule has 0 saturated carbocycles. The first-order chi connectivity index (χ1) is 14.3. The van der Waals surface area contributed by atoms with Crippen molar-refractivity contribution in [1.29, 1.82) is 0 Å². The fraction of sp³-hybridized carbons (Fsp3) is 0.455. The summed E-state index contributed by atoms with van der Waals surface area (Å²) in [5, 5.41) is 10.0. The van der Waals surface area contributed by atoms with Crippen LogP contribution in [0, 0.1) is 13.8 Å². The van der Waals surface area contributed by atoms with Crippen molar-refractivity contribution in [3.63, 3.8) is 0 Å². The Morgan fingerprint density at radius 3 is 2.43 bits per heavy atom. The zero-order chi connectivity index (χ0) is 22.3. The first-order valence-electron chi connectivity index (χ1n) is 10.1. The summed E-state index contributed by atoms with van der Waals surface area (Å²) in [6.45, 7) is 8.06. The van der Waals surface area contributed by atoms with Crippen LogP contribution in [0.3, 0.4) is 0 Å². The Bertz CT molecular complexity index is 903. The van der Waals surface area contributed by atoms with Gasteiger partial charge in [-0.1, -0.05) is 6.92 Å². The molecule has 0 aliphatic carbocycles. The van der Waals surface area contributed by atoms with E-state index >= 15 is 0 Å². The number of amides is 2. The van der Waals surface area contributed by atoms with Crippen LogP contribution >= 0.6 is 0 Å². The number of carbonyl (C=O) groups is 3. The minimum absolute atomic E-state index is 0.205. The highest BCUT2D eigenvalue weighted by atomic mass is 16.5. The highest BCUT2D eigenvalue weighted by Crippen LogP contribution is 2.20. The molecule has 30 heavy (non-hydrogen) atoms. The maximum absolute atomic E-state index is 12.4. The molecule has 0 spiro atoms. The molecule has 1 atom stereocenters. The smallest absolute Gasteiger partial charge is 0.305 e. The molecular formula is C22H30N4O4. The third-order valence-corrected chi connectivity index (χ3v) is 4.91. The number of benzene rings is 1. The number of hydrogen-bond acceptors (Lipinski definition) is 5. The molecule has 1 heterocycles. The van der Waals surface area contributed by atoms with Gasteiger partial charge in [-0.3, -0.25) is 14.4 Å². The highest BCUT2D eigenvalue weighted by molar-refractivity contribution is 5.97. The van der Waals surface area contributed by atoms with Crippen LogP contribution in [0.1, 0.15) is 54.0 Å². The molecule has 2 rings (SSSR count). The molecular weight excluding hydrogens is 384 g/mol. The molecule has 162 valence electrons. The number of rotatable bonds is 9. The van der Waals surface area contributed by atoms with Crippen molar-refractivity contribution in [3.05, 3.63) is 46.8 Å². The lowest BCUT2D eigenvalue weighted by Crippen LogP contribution is -2.45. The second-order valence-electron chi connectivity index (χ2n) is 7.17. The van der Waals surface area contributed by atoms with Gasteiger partial charge in [0.05, 0.1) is 18.5 Å². The van der Waals surface area contributed by atoms with Crippen LogP contribution in [0.25, 0.3) is 5.69 Å². The SMILES string of the molecule is CCCNC(=O)[C@@H](C)NC(=O)c1ccc(-n2nc(C)c(CCC(=O)OC)c2C)cc1. The van der Waals surface area contributed by atoms with Gasteiger partial charge in [0.25, 0.3) is 5.91 Å². The zero-order valence-corrected chi connectivity index (χ0v) is 18.2. The van der Waals surface area contributed by atoms with Gasteiger partial charge in [-0.25, -0.2) is 4.68 Å². The summed E-state index contributed by atoms with van der Waals surface area (Å²) in [6, 6.07) is 6.40. The van der Waals surface area contributed by atoms with Crippen LogP contribution in [-0.2, 0) is 20.7 Å². The van der Waals surface area contributed by atoms with E-state index in [9.17, 15) is 14.4 Å². The number of nitrogens with zero attached hydrogens (tertiary/aromatic N) is 2. The molecule has 0 bridgehead atoms. The van der Waals surface area contributed by atoms with Gasteiger partial charge >= 0.3 is 5.97 Å². The Hall–Kier alpha value is -3.16. The van der Waals surface area contributed by atoms with E-state index < -0.39 is 6.04 Å². The number of methoxy groups -OCH3 is 1. The van der Waals surface area contributed by atoms with Crippen LogP contribution < -0.4 is 10.6 Å². The van der Waals surface area contributed by atoms with Crippen molar-refractivity contribution < 1.29 is 19.1 Å². The van der Waals surface area contributed by atoms with E-state index in [2.05, 4.69) is 15.7 Å². The number of carbonyl (C=O) groups excluding carboxylic acids is 3. The van der Waals surface area contributed by atoms with E-state index in [1.165, 1.54) is 7.11 Å². The van der Waals surface area contributed by atoms with Crippen molar-refractivity contribution in [2.24, 2.45) is 0 Å². The van der Waals surface area contributed by atoms with E-state index in [-0.39, 0.29) is 17.8 Å². The fourth-order valence-corrected chi connectivity index (χ4v) is 3.12. The quantitative estimate of drug-likeness (QED) is 0.613. The van der Waals surface area contributed by atoms with Crippen LogP contribution in [-0.4, -0.2) is 47.3 Å². The van der Waals surface area contributed by atoms with Crippen molar-refractivity contribution >= 4 is 17.8 Å². The van der Waals surface area contributed by atoms with E-state index in [0.29, 0.717) is 24.9 Å². The van der Waals surface area contributed by atoms with E-state index in [0.717, 1.165) is 29.1 Å². The normalized spacial score (nSPS) is 11.6. The fourth-order valence-electron chi connectivity index (χ4n) is 3.12. The summed E-state index contributed by atoms with van der Waals surface area (Å²) < 4.78 is 6.51. The number of aryl methyl sites for hydroxylation is 1. The van der Waals surface area contributed by atoms with Gasteiger partial charge in [0.1, 0.15) is 6.04 Å². The molecule has 0 aliphatic rings. The maximum Gasteiger partial charge on any atom is 0.305 e. The molecule has 2 N–H and O–H groups in total. The number of esters is 1. The lowest BCUT2D eigenvalue weighted by molar-refractivity contribution is -0.140. The average Bonchev–Trinajstić information content (AvgIpc) is 3.03. The van der Waals surface area contributed by atoms with Crippen LogP contribution in [0.4, 0.5) is 0 Å². The van der Waals surface area contributed by atoms with Crippen molar-refractivity contribution in [2.45, 2.75) is 53.0 Å². The van der Waals surface area contributed by atoms with Gasteiger partial charge in [0.2, 0.25) is 5.91 Å². The summed E-state index contributed by atoms with van der Waals surface area (Å²) in [7, 11) is 1.38. The minimum Gasteiger partial charge on any atom is -0.469 e. The Kier molecular flexibility index (Phi) is 8.15. The summed E-state index contributed by atoms with van der Waals surface area (Å²) >= 11 is 0. The highest BCUT2D eigenvalue weighted by Gasteiger charge is 2.17. The van der Waals surface area contributed by atoms with Gasteiger partial charge in [0.15, 0.2) is 0 Å². The standard InChI is InChI=1S/C22H30N4O4/c1-6-13-23-21(28)15(3)24-22(29)17-7-9-18(10-8-17)26-16(4)19(14(2)25-26)11-12-20(27)30-5/h7-10,15H,6,11-13H2,1-5H3,(H,23,28)(H,24,29)/t15-/m1/s1. The summed E-state index contributed by atoms with van der Waals surface area (Å²) in [6.07, 6.45) is 1.69. The second-order valence-corrected chi connectivity index (χ2v) is 7.17. The predicted octanol–water partition coefficient (Wildman–Crippen LogP) is 2.24. The third-order valence-electron chi connectivity index (χ3n) is 4.91. The summed E-state index contributed by atoms with van der Waals surface area (Å²) in [5.74, 6) is -0.772. The van der Waals surface area contributed by atoms with Crippen molar-refractivity contribution in [2.75, 3.05) is 13.7 Å². The lowest BCUT2D eigenvalue weighted by atomic mass is 10.1. The van der Waals surface area contributed by atoms with Gasteiger partial charge in [-0.2, -0.15) is 5.10 Å². The van der Waals surface area contributed by atoms with Crippen molar-refractivity contribution in [3.8, 4) is 5.69 Å². The Labute approximate surface area is 177 Å². The van der Waals surface area contributed by atoms with Gasteiger partial charge in [0, 0.05) is 24.2 Å². The molecule has 0 unspecified atom stereocenters. The Morgan fingerprint density at radius 2 is 1.83 bits per heavy atom. The van der Waals surface area contributed by atoms with E-state index in [1.807, 2.05) is 20.8 Å². The minimum atomic E-state index is -0.614. The Morgan fingerprint density at radius 1 is 1.17 bits per heavy atom. The molecule has 0 radical (unpaired) electrons. The average molecular weight is 415 g/mol.